The summed E-state index contributed by atoms with van der Waals surface area (Å²) in [5.74, 6) is 0. The number of benzene rings is 2. The molecule has 4 unspecified atom stereocenters. The molecule has 5 nitrogen and oxygen atoms in total. The Balaban J connectivity index is 1.99. The van der Waals surface area contributed by atoms with Gasteiger partial charge in [-0.2, -0.15) is 0 Å². The molecule has 0 aliphatic carbocycles. The van der Waals surface area contributed by atoms with Gasteiger partial charge in [0.2, 0.25) is 0 Å². The van der Waals surface area contributed by atoms with Gasteiger partial charge in [-0.25, -0.2) is 0 Å². The van der Waals surface area contributed by atoms with Gasteiger partial charge in [-0.3, -0.25) is 4.52 Å². The zero-order valence-electron chi connectivity index (χ0n) is 13.6. The Morgan fingerprint density at radius 2 is 1.56 bits per heavy atom. The van der Waals surface area contributed by atoms with Crippen LogP contribution in [-0.4, -0.2) is 30.0 Å². The van der Waals surface area contributed by atoms with Crippen LogP contribution in [0.15, 0.2) is 60.7 Å². The van der Waals surface area contributed by atoms with Crippen LogP contribution in [0.1, 0.15) is 18.1 Å². The van der Waals surface area contributed by atoms with Gasteiger partial charge in [-0.1, -0.05) is 60.7 Å². The second kappa shape index (κ2) is 6.56. The van der Waals surface area contributed by atoms with Crippen molar-refractivity contribution in [3.63, 3.8) is 0 Å². The van der Waals surface area contributed by atoms with E-state index in [1.54, 1.807) is 0 Å². The molecule has 4 rings (SSSR count). The van der Waals surface area contributed by atoms with Crippen molar-refractivity contribution in [1.29, 1.82) is 0 Å². The van der Waals surface area contributed by atoms with Gasteiger partial charge in [0.15, 0.2) is 5.60 Å². The van der Waals surface area contributed by atoms with E-state index >= 15 is 0 Å². The van der Waals surface area contributed by atoms with Gasteiger partial charge in [0, 0.05) is 0 Å². The lowest BCUT2D eigenvalue weighted by Crippen LogP contribution is -2.48. The van der Waals surface area contributed by atoms with Crippen LogP contribution in [0.4, 0.5) is 0 Å². The lowest BCUT2D eigenvalue weighted by molar-refractivity contribution is -0.0485. The molecular weight excluding hydrogens is 359 g/mol. The summed E-state index contributed by atoms with van der Waals surface area (Å²) in [6, 6.07) is 19.3. The standard InChI is InChI=1S/C18H19O5PS/c1-13-16-17(21-12-20-16)18(23-24(19,25)22-13,14-8-4-2-5-9-14)15-10-6-3-7-11-15/h2-11,13,16-17H,12H2,1H3,(H,19,25). The molecule has 0 amide bonds. The minimum absolute atomic E-state index is 0.141. The Bertz CT molecular complexity index is 745. The summed E-state index contributed by atoms with van der Waals surface area (Å²) in [5, 5.41) is 0. The maximum absolute atomic E-state index is 10.7. The lowest BCUT2D eigenvalue weighted by Gasteiger charge is -2.39. The van der Waals surface area contributed by atoms with Crippen LogP contribution >= 0.6 is 6.72 Å². The summed E-state index contributed by atoms with van der Waals surface area (Å²) in [6.45, 7) is -1.56. The molecule has 132 valence electrons. The van der Waals surface area contributed by atoms with Crippen LogP contribution in [-0.2, 0) is 35.9 Å². The first-order chi connectivity index (χ1) is 12.0. The van der Waals surface area contributed by atoms with Crippen molar-refractivity contribution in [2.45, 2.75) is 30.8 Å². The molecule has 2 heterocycles. The van der Waals surface area contributed by atoms with Crippen LogP contribution in [0.5, 0.6) is 0 Å². The molecule has 0 bridgehead atoms. The summed E-state index contributed by atoms with van der Waals surface area (Å²) in [7, 11) is 0. The Kier molecular flexibility index (Phi) is 4.54. The fourth-order valence-electron chi connectivity index (χ4n) is 3.60. The van der Waals surface area contributed by atoms with Crippen molar-refractivity contribution in [3.8, 4) is 0 Å². The SMILES string of the molecule is CC1OP(O)(=S)OC(c2ccccc2)(c2ccccc2)C2OCOC12. The van der Waals surface area contributed by atoms with Crippen LogP contribution in [0.2, 0.25) is 0 Å². The number of hydrogen-bond acceptors (Lipinski definition) is 5. The first kappa shape index (κ1) is 17.3. The predicted molar refractivity (Wildman–Crippen MR) is 96.4 cm³/mol. The minimum Gasteiger partial charge on any atom is -0.347 e. The van der Waals surface area contributed by atoms with Crippen molar-refractivity contribution in [3.05, 3.63) is 71.8 Å². The van der Waals surface area contributed by atoms with Crippen LogP contribution in [0, 0.1) is 0 Å². The number of hydrogen-bond donors (Lipinski definition) is 1. The molecular formula is C18H19O5PS. The lowest BCUT2D eigenvalue weighted by atomic mass is 9.78. The first-order valence-corrected chi connectivity index (χ1v) is 10.7. The van der Waals surface area contributed by atoms with Crippen molar-refractivity contribution < 1.29 is 23.4 Å². The molecule has 1 N–H and O–H groups in total. The number of ether oxygens (including phenoxy) is 2. The van der Waals surface area contributed by atoms with Gasteiger partial charge in [0.05, 0.1) is 6.10 Å². The van der Waals surface area contributed by atoms with Gasteiger partial charge in [-0.15, -0.1) is 0 Å². The molecule has 0 spiro atoms. The highest BCUT2D eigenvalue weighted by Gasteiger charge is 2.58. The van der Waals surface area contributed by atoms with E-state index in [9.17, 15) is 4.89 Å². The molecule has 2 aliphatic rings. The fraction of sp³-hybridized carbons (Fsp3) is 0.333. The largest absolute Gasteiger partial charge is 0.347 e. The van der Waals surface area contributed by atoms with Crippen LogP contribution in [0.25, 0.3) is 0 Å². The third kappa shape index (κ3) is 2.98. The van der Waals surface area contributed by atoms with Crippen molar-refractivity contribution in [2.75, 3.05) is 6.79 Å². The summed E-state index contributed by atoms with van der Waals surface area (Å²) in [5.41, 5.74) is 0.559. The molecule has 25 heavy (non-hydrogen) atoms. The van der Waals surface area contributed by atoms with Crippen molar-refractivity contribution in [1.82, 2.24) is 0 Å². The summed E-state index contributed by atoms with van der Waals surface area (Å²) >= 11 is 5.30. The molecule has 2 fully saturated rings. The van der Waals surface area contributed by atoms with Crippen molar-refractivity contribution >= 4 is 18.5 Å². The fourth-order valence-corrected chi connectivity index (χ4v) is 5.62. The predicted octanol–water partition coefficient (Wildman–Crippen LogP) is 3.32. The second-order valence-corrected chi connectivity index (χ2v) is 8.89. The highest BCUT2D eigenvalue weighted by atomic mass is 32.5. The second-order valence-electron chi connectivity index (χ2n) is 6.17. The summed E-state index contributed by atoms with van der Waals surface area (Å²) < 4.78 is 23.6. The van der Waals surface area contributed by atoms with Gasteiger partial charge < -0.3 is 18.9 Å². The average Bonchev–Trinajstić information content (AvgIpc) is 3.08. The topological polar surface area (TPSA) is 57.2 Å². The van der Waals surface area contributed by atoms with E-state index in [0.717, 1.165) is 11.1 Å². The van der Waals surface area contributed by atoms with Crippen molar-refractivity contribution in [2.24, 2.45) is 0 Å². The smallest absolute Gasteiger partial charge is 0.326 e. The summed E-state index contributed by atoms with van der Waals surface area (Å²) in [6.07, 6.45) is -1.35. The Morgan fingerprint density at radius 3 is 2.12 bits per heavy atom. The summed E-state index contributed by atoms with van der Waals surface area (Å²) in [4.78, 5) is 10.7. The van der Waals surface area contributed by atoms with Crippen LogP contribution in [0.3, 0.4) is 0 Å². The van der Waals surface area contributed by atoms with Gasteiger partial charge >= 0.3 is 6.72 Å². The van der Waals surface area contributed by atoms with E-state index in [1.165, 1.54) is 0 Å². The molecule has 0 aromatic heterocycles. The van der Waals surface area contributed by atoms with Gasteiger partial charge in [0.25, 0.3) is 0 Å². The molecule has 4 atom stereocenters. The Morgan fingerprint density at radius 1 is 1.00 bits per heavy atom. The Hall–Kier alpha value is -1.11. The monoisotopic (exact) mass is 378 g/mol. The zero-order valence-corrected chi connectivity index (χ0v) is 15.4. The van der Waals surface area contributed by atoms with E-state index < -0.39 is 30.6 Å². The van der Waals surface area contributed by atoms with E-state index in [2.05, 4.69) is 0 Å². The maximum atomic E-state index is 10.7. The molecule has 0 saturated carbocycles. The number of fused-ring (bicyclic) bond motifs is 1. The first-order valence-electron chi connectivity index (χ1n) is 8.09. The molecule has 2 aliphatic heterocycles. The quantitative estimate of drug-likeness (QED) is 0.809. The molecule has 7 heteroatoms. The zero-order chi connectivity index (χ0) is 17.5. The van der Waals surface area contributed by atoms with E-state index in [-0.39, 0.29) is 6.79 Å². The highest BCUT2D eigenvalue weighted by Crippen LogP contribution is 2.59. The molecule has 0 radical (unpaired) electrons. The third-order valence-electron chi connectivity index (χ3n) is 4.63. The highest BCUT2D eigenvalue weighted by molar-refractivity contribution is 8.07. The maximum Gasteiger partial charge on any atom is 0.326 e. The third-order valence-corrected chi connectivity index (χ3v) is 6.23. The molecule has 2 aromatic carbocycles. The average molecular weight is 378 g/mol. The van der Waals surface area contributed by atoms with Gasteiger partial charge in [-0.05, 0) is 29.9 Å². The van der Waals surface area contributed by atoms with E-state index in [0.29, 0.717) is 0 Å². The van der Waals surface area contributed by atoms with Gasteiger partial charge in [0.1, 0.15) is 19.0 Å². The molecule has 2 saturated heterocycles. The molecule has 2 aromatic rings. The Labute approximate surface area is 151 Å². The number of rotatable bonds is 2. The van der Waals surface area contributed by atoms with Crippen LogP contribution < -0.4 is 0 Å². The van der Waals surface area contributed by atoms with E-state index in [4.69, 9.17) is 30.3 Å². The minimum atomic E-state index is -3.52. The van der Waals surface area contributed by atoms with E-state index in [1.807, 2.05) is 67.6 Å². The normalized spacial score (nSPS) is 34.2.